The molecule has 0 saturated heterocycles. The minimum Gasteiger partial charge on any atom is -0.493 e. The molecule has 0 saturated carbocycles. The first-order valence-corrected chi connectivity index (χ1v) is 9.70. The number of benzene rings is 2. The van der Waals surface area contributed by atoms with Crippen LogP contribution in [0.4, 0.5) is 0 Å². The lowest BCUT2D eigenvalue weighted by molar-refractivity contribution is 0.213. The summed E-state index contributed by atoms with van der Waals surface area (Å²) in [7, 11) is 1.56. The lowest BCUT2D eigenvalue weighted by Crippen LogP contribution is -2.03. The summed E-state index contributed by atoms with van der Waals surface area (Å²) in [6, 6.07) is 12.5. The van der Waals surface area contributed by atoms with Crippen LogP contribution in [-0.4, -0.2) is 26.0 Å². The molecule has 0 amide bonds. The topological polar surface area (TPSA) is 40.0 Å². The highest BCUT2D eigenvalue weighted by molar-refractivity contribution is 5.98. The summed E-state index contributed by atoms with van der Waals surface area (Å²) >= 11 is 0. The van der Waals surface area contributed by atoms with E-state index >= 15 is 0 Å². The van der Waals surface area contributed by atoms with Crippen molar-refractivity contribution in [2.75, 3.05) is 20.3 Å². The van der Waals surface area contributed by atoms with Crippen LogP contribution < -0.4 is 9.47 Å². The van der Waals surface area contributed by atoms with Crippen molar-refractivity contribution in [2.24, 2.45) is 5.16 Å². The first-order valence-electron chi connectivity index (χ1n) is 9.70. The summed E-state index contributed by atoms with van der Waals surface area (Å²) < 4.78 is 11.8. The molecule has 0 radical (unpaired) electrons. The second kappa shape index (κ2) is 11.2. The van der Waals surface area contributed by atoms with Crippen molar-refractivity contribution < 1.29 is 14.3 Å². The minimum atomic E-state index is 0.589. The lowest BCUT2D eigenvalue weighted by atomic mass is 10.1. The molecule has 2 aromatic rings. The van der Waals surface area contributed by atoms with Crippen molar-refractivity contribution >= 4 is 5.71 Å². The van der Waals surface area contributed by atoms with Crippen molar-refractivity contribution in [3.05, 3.63) is 70.8 Å². The first kappa shape index (κ1) is 21.5. The molecule has 0 atom stereocenters. The van der Waals surface area contributed by atoms with Crippen molar-refractivity contribution in [3.8, 4) is 11.5 Å². The van der Waals surface area contributed by atoms with Crippen LogP contribution in [0.2, 0.25) is 0 Å². The molecule has 0 aliphatic rings. The van der Waals surface area contributed by atoms with E-state index in [1.807, 2.05) is 38.1 Å². The van der Waals surface area contributed by atoms with Crippen molar-refractivity contribution in [3.63, 3.8) is 0 Å². The van der Waals surface area contributed by atoms with Gasteiger partial charge >= 0.3 is 0 Å². The van der Waals surface area contributed by atoms with Crippen molar-refractivity contribution in [1.29, 1.82) is 0 Å². The highest BCUT2D eigenvalue weighted by Gasteiger charge is 2.07. The minimum absolute atomic E-state index is 0.589. The van der Waals surface area contributed by atoms with Gasteiger partial charge in [0.2, 0.25) is 0 Å². The number of nitrogens with zero attached hydrogens (tertiary/aromatic N) is 1. The Balaban J connectivity index is 1.85. The third-order valence-electron chi connectivity index (χ3n) is 4.47. The molecule has 0 unspecified atom stereocenters. The van der Waals surface area contributed by atoms with E-state index < -0.39 is 0 Å². The fourth-order valence-electron chi connectivity index (χ4n) is 3.01. The van der Waals surface area contributed by atoms with Crippen molar-refractivity contribution in [2.45, 2.75) is 40.5 Å². The lowest BCUT2D eigenvalue weighted by Gasteiger charge is -2.14. The molecule has 0 aliphatic heterocycles. The molecule has 0 aliphatic carbocycles. The summed E-state index contributed by atoms with van der Waals surface area (Å²) in [6.07, 6.45) is 5.92. The van der Waals surface area contributed by atoms with Gasteiger partial charge in [0.15, 0.2) is 0 Å². The molecule has 150 valence electrons. The van der Waals surface area contributed by atoms with Gasteiger partial charge in [-0.1, -0.05) is 41.6 Å². The maximum absolute atomic E-state index is 6.06. The van der Waals surface area contributed by atoms with E-state index in [1.165, 1.54) is 5.56 Å². The van der Waals surface area contributed by atoms with E-state index in [0.717, 1.165) is 46.7 Å². The second-order valence-electron chi connectivity index (χ2n) is 6.77. The summed E-state index contributed by atoms with van der Waals surface area (Å²) in [4.78, 5) is 4.82. The zero-order chi connectivity index (χ0) is 20.4. The van der Waals surface area contributed by atoms with Gasteiger partial charge in [-0.15, -0.1) is 0 Å². The van der Waals surface area contributed by atoms with Crippen molar-refractivity contribution in [1.82, 2.24) is 0 Å². The van der Waals surface area contributed by atoms with Gasteiger partial charge < -0.3 is 14.3 Å². The summed E-state index contributed by atoms with van der Waals surface area (Å²) in [5.74, 6) is 1.84. The van der Waals surface area contributed by atoms with Crippen LogP contribution in [0.1, 0.15) is 42.5 Å². The fourth-order valence-corrected chi connectivity index (χ4v) is 3.01. The van der Waals surface area contributed by atoms with Crippen LogP contribution in [0.3, 0.4) is 0 Å². The van der Waals surface area contributed by atoms with Gasteiger partial charge in [-0.3, -0.25) is 0 Å². The smallest absolute Gasteiger partial charge is 0.125 e. The molecular weight excluding hydrogens is 350 g/mol. The molecule has 28 heavy (non-hydrogen) atoms. The quantitative estimate of drug-likeness (QED) is 0.231. The van der Waals surface area contributed by atoms with E-state index in [4.69, 9.17) is 14.3 Å². The Hall–Kier alpha value is -2.75. The molecule has 2 rings (SSSR count). The third-order valence-corrected chi connectivity index (χ3v) is 4.47. The predicted octanol–water partition coefficient (Wildman–Crippen LogP) is 5.64. The molecule has 4 nitrogen and oxygen atoms in total. The van der Waals surface area contributed by atoms with Gasteiger partial charge in [0.1, 0.15) is 25.2 Å². The number of allylic oxidation sites excluding steroid dienone is 1. The van der Waals surface area contributed by atoms with Gasteiger partial charge in [-0.05, 0) is 74.9 Å². The first-order chi connectivity index (χ1) is 13.5. The largest absolute Gasteiger partial charge is 0.493 e. The molecule has 0 N–H and O–H groups in total. The van der Waals surface area contributed by atoms with Gasteiger partial charge in [-0.2, -0.15) is 0 Å². The average Bonchev–Trinajstić information content (AvgIpc) is 2.67. The zero-order valence-electron chi connectivity index (χ0n) is 17.6. The molecule has 0 fully saturated rings. The Kier molecular flexibility index (Phi) is 8.60. The Morgan fingerprint density at radius 1 is 1.04 bits per heavy atom. The summed E-state index contributed by atoms with van der Waals surface area (Å²) in [6.45, 7) is 9.33. The van der Waals surface area contributed by atoms with E-state index in [-0.39, 0.29) is 0 Å². The molecule has 4 heteroatoms. The Morgan fingerprint density at radius 2 is 1.71 bits per heavy atom. The number of hydrogen-bond donors (Lipinski definition) is 0. The molecular formula is C24H31NO3. The number of hydrogen-bond acceptors (Lipinski definition) is 4. The second-order valence-corrected chi connectivity index (χ2v) is 6.77. The monoisotopic (exact) mass is 381 g/mol. The average molecular weight is 382 g/mol. The summed E-state index contributed by atoms with van der Waals surface area (Å²) in [5, 5.41) is 3.96. The van der Waals surface area contributed by atoms with E-state index in [0.29, 0.717) is 13.2 Å². The van der Waals surface area contributed by atoms with E-state index in [2.05, 4.69) is 43.3 Å². The Labute approximate surface area is 168 Å². The molecule has 2 aromatic carbocycles. The Morgan fingerprint density at radius 3 is 2.32 bits per heavy atom. The SMILES string of the molecule is C/C=C/COc1cc(C)c(OCCCc2ccc(/C(C)=N/OC)cc2)c(C)c1. The number of ether oxygens (including phenoxy) is 2. The van der Waals surface area contributed by atoms with Crippen LogP contribution in [0.15, 0.2) is 53.7 Å². The van der Waals surface area contributed by atoms with Gasteiger partial charge in [-0.25, -0.2) is 0 Å². The predicted molar refractivity (Wildman–Crippen MR) is 116 cm³/mol. The maximum atomic E-state index is 6.06. The van der Waals surface area contributed by atoms with E-state index in [1.54, 1.807) is 7.11 Å². The Bertz CT molecular complexity index is 784. The fraction of sp³-hybridized carbons (Fsp3) is 0.375. The van der Waals surface area contributed by atoms with Crippen LogP contribution in [0.5, 0.6) is 11.5 Å². The van der Waals surface area contributed by atoms with E-state index in [9.17, 15) is 0 Å². The number of oxime groups is 1. The molecule has 0 heterocycles. The van der Waals surface area contributed by atoms with Crippen LogP contribution in [0.25, 0.3) is 0 Å². The molecule has 0 spiro atoms. The molecule has 0 bridgehead atoms. The van der Waals surface area contributed by atoms with Gasteiger partial charge in [0.25, 0.3) is 0 Å². The number of aryl methyl sites for hydroxylation is 3. The van der Waals surface area contributed by atoms with Gasteiger partial charge in [0, 0.05) is 0 Å². The highest BCUT2D eigenvalue weighted by Crippen LogP contribution is 2.28. The zero-order valence-corrected chi connectivity index (χ0v) is 17.6. The summed E-state index contributed by atoms with van der Waals surface area (Å²) in [5.41, 5.74) is 5.45. The molecule has 0 aromatic heterocycles. The highest BCUT2D eigenvalue weighted by atomic mass is 16.6. The van der Waals surface area contributed by atoms with Crippen LogP contribution in [-0.2, 0) is 11.3 Å². The number of rotatable bonds is 10. The normalized spacial score (nSPS) is 11.7. The van der Waals surface area contributed by atoms with Crippen LogP contribution in [0, 0.1) is 13.8 Å². The standard InChI is InChI=1S/C24H31NO3/c1-6-7-14-27-23-16-18(2)24(19(3)17-23)28-15-8-9-21-10-12-22(13-11-21)20(4)25-26-5/h6-7,10-13,16-17H,8-9,14-15H2,1-5H3/b7-6+,25-20+. The third kappa shape index (κ3) is 6.45. The maximum Gasteiger partial charge on any atom is 0.125 e. The van der Waals surface area contributed by atoms with Gasteiger partial charge in [0.05, 0.1) is 12.3 Å². The van der Waals surface area contributed by atoms with Crippen LogP contribution >= 0.6 is 0 Å².